The third-order valence-electron chi connectivity index (χ3n) is 3.56. The van der Waals surface area contributed by atoms with Gasteiger partial charge in [-0.25, -0.2) is 0 Å². The molecule has 4 nitrogen and oxygen atoms in total. The van der Waals surface area contributed by atoms with E-state index < -0.39 is 0 Å². The van der Waals surface area contributed by atoms with E-state index in [1.54, 1.807) is 35.3 Å². The molecule has 0 spiro atoms. The summed E-state index contributed by atoms with van der Waals surface area (Å²) in [5.41, 5.74) is 2.53. The van der Waals surface area contributed by atoms with Crippen LogP contribution in [0.25, 0.3) is 0 Å². The van der Waals surface area contributed by atoms with E-state index in [4.69, 9.17) is 23.2 Å². The van der Waals surface area contributed by atoms with Crippen LogP contribution in [0.4, 0.5) is 0 Å². The normalized spacial score (nSPS) is 10.6. The van der Waals surface area contributed by atoms with Crippen molar-refractivity contribution in [1.29, 1.82) is 0 Å². The Morgan fingerprint density at radius 2 is 1.83 bits per heavy atom. The zero-order valence-corrected chi connectivity index (χ0v) is 14.3. The van der Waals surface area contributed by atoms with Crippen molar-refractivity contribution in [3.63, 3.8) is 0 Å². The average molecular weight is 360 g/mol. The maximum atomic E-state index is 12.2. The smallest absolute Gasteiger partial charge is 0.251 e. The Hall–Kier alpha value is -2.30. The van der Waals surface area contributed by atoms with Crippen LogP contribution in [0.2, 0.25) is 10.0 Å². The lowest BCUT2D eigenvalue weighted by Crippen LogP contribution is -2.22. The second kappa shape index (κ2) is 7.51. The highest BCUT2D eigenvalue weighted by Gasteiger charge is 2.07. The summed E-state index contributed by atoms with van der Waals surface area (Å²) in [6.45, 7) is 1.00. The molecule has 0 aliphatic heterocycles. The third kappa shape index (κ3) is 4.16. The number of carbonyl (C=O) groups is 1. The number of halogens is 2. The Morgan fingerprint density at radius 1 is 1.08 bits per heavy atom. The van der Waals surface area contributed by atoms with Gasteiger partial charge in [0, 0.05) is 23.3 Å². The van der Waals surface area contributed by atoms with Crippen LogP contribution in [0.1, 0.15) is 21.5 Å². The Bertz CT molecular complexity index is 843. The summed E-state index contributed by atoms with van der Waals surface area (Å²) in [7, 11) is 0. The van der Waals surface area contributed by atoms with Crippen LogP contribution in [-0.4, -0.2) is 15.7 Å². The quantitative estimate of drug-likeness (QED) is 0.742. The Kier molecular flexibility index (Phi) is 5.18. The second-order valence-corrected chi connectivity index (χ2v) is 6.17. The predicted molar refractivity (Wildman–Crippen MR) is 95.4 cm³/mol. The number of nitrogens with zero attached hydrogens (tertiary/aromatic N) is 2. The van der Waals surface area contributed by atoms with E-state index in [1.165, 1.54) is 0 Å². The molecule has 0 radical (unpaired) electrons. The summed E-state index contributed by atoms with van der Waals surface area (Å²) in [6.07, 6.45) is 3.35. The SMILES string of the molecule is O=C(NCc1ccccc1Cl)c1ccc(Cn2cc(Cl)cn2)cc1. The van der Waals surface area contributed by atoms with E-state index in [1.807, 2.05) is 30.3 Å². The lowest BCUT2D eigenvalue weighted by Gasteiger charge is -2.08. The molecule has 2 aromatic carbocycles. The summed E-state index contributed by atoms with van der Waals surface area (Å²) in [6, 6.07) is 14.8. The first kappa shape index (κ1) is 16.6. The molecule has 1 amide bonds. The predicted octanol–water partition coefficient (Wildman–Crippen LogP) is 4.17. The number of benzene rings is 2. The molecule has 3 rings (SSSR count). The Balaban J connectivity index is 1.60. The number of amides is 1. The number of rotatable bonds is 5. The lowest BCUT2D eigenvalue weighted by atomic mass is 10.1. The standard InChI is InChI=1S/C18H15Cl2N3O/c19-16-10-22-23(12-16)11-13-5-7-14(8-6-13)18(24)21-9-15-3-1-2-4-17(15)20/h1-8,10,12H,9,11H2,(H,21,24). The number of aromatic nitrogens is 2. The number of hydrogen-bond donors (Lipinski definition) is 1. The van der Waals surface area contributed by atoms with Crippen LogP contribution in [0.15, 0.2) is 60.9 Å². The van der Waals surface area contributed by atoms with Gasteiger partial charge in [-0.1, -0.05) is 53.5 Å². The monoisotopic (exact) mass is 359 g/mol. The molecule has 122 valence electrons. The van der Waals surface area contributed by atoms with Gasteiger partial charge in [-0.15, -0.1) is 0 Å². The molecular formula is C18H15Cl2N3O. The van der Waals surface area contributed by atoms with Gasteiger partial charge in [0.15, 0.2) is 0 Å². The molecule has 3 aromatic rings. The van der Waals surface area contributed by atoms with Gasteiger partial charge in [0.2, 0.25) is 0 Å². The Labute approximate surface area is 150 Å². The van der Waals surface area contributed by atoms with Crippen molar-refractivity contribution in [2.45, 2.75) is 13.1 Å². The molecule has 0 saturated carbocycles. The van der Waals surface area contributed by atoms with Crippen molar-refractivity contribution in [3.8, 4) is 0 Å². The molecule has 0 unspecified atom stereocenters. The highest BCUT2D eigenvalue weighted by Crippen LogP contribution is 2.15. The summed E-state index contributed by atoms with van der Waals surface area (Å²) in [5.74, 6) is -0.136. The zero-order chi connectivity index (χ0) is 16.9. The van der Waals surface area contributed by atoms with Crippen molar-refractivity contribution in [2.24, 2.45) is 0 Å². The minimum Gasteiger partial charge on any atom is -0.348 e. The van der Waals surface area contributed by atoms with Gasteiger partial charge in [-0.3, -0.25) is 9.48 Å². The molecule has 0 bridgehead atoms. The minimum absolute atomic E-state index is 0.136. The average Bonchev–Trinajstić information content (AvgIpc) is 2.99. The van der Waals surface area contributed by atoms with E-state index in [0.717, 1.165) is 11.1 Å². The van der Waals surface area contributed by atoms with Gasteiger partial charge >= 0.3 is 0 Å². The first-order valence-electron chi connectivity index (χ1n) is 7.40. The minimum atomic E-state index is -0.136. The molecule has 24 heavy (non-hydrogen) atoms. The third-order valence-corrected chi connectivity index (χ3v) is 4.12. The van der Waals surface area contributed by atoms with Crippen LogP contribution in [0.3, 0.4) is 0 Å². The van der Waals surface area contributed by atoms with Crippen molar-refractivity contribution in [1.82, 2.24) is 15.1 Å². The van der Waals surface area contributed by atoms with Gasteiger partial charge in [0.25, 0.3) is 5.91 Å². The van der Waals surface area contributed by atoms with Crippen LogP contribution in [0.5, 0.6) is 0 Å². The van der Waals surface area contributed by atoms with Crippen molar-refractivity contribution in [3.05, 3.63) is 87.7 Å². The first-order chi connectivity index (χ1) is 11.6. The van der Waals surface area contributed by atoms with Crippen LogP contribution in [0, 0.1) is 0 Å². The number of nitrogens with one attached hydrogen (secondary N) is 1. The summed E-state index contributed by atoms with van der Waals surface area (Å²) in [4.78, 5) is 12.2. The number of carbonyl (C=O) groups excluding carboxylic acids is 1. The second-order valence-electron chi connectivity index (χ2n) is 5.33. The van der Waals surface area contributed by atoms with E-state index in [0.29, 0.717) is 28.7 Å². The summed E-state index contributed by atoms with van der Waals surface area (Å²) < 4.78 is 1.74. The van der Waals surface area contributed by atoms with E-state index in [-0.39, 0.29) is 5.91 Å². The molecule has 6 heteroatoms. The maximum absolute atomic E-state index is 12.2. The zero-order valence-electron chi connectivity index (χ0n) is 12.7. The van der Waals surface area contributed by atoms with E-state index in [9.17, 15) is 4.79 Å². The highest BCUT2D eigenvalue weighted by molar-refractivity contribution is 6.31. The lowest BCUT2D eigenvalue weighted by molar-refractivity contribution is 0.0951. The van der Waals surface area contributed by atoms with Gasteiger partial charge in [-0.05, 0) is 29.3 Å². The molecule has 1 heterocycles. The van der Waals surface area contributed by atoms with E-state index >= 15 is 0 Å². The molecule has 1 N–H and O–H groups in total. The fourth-order valence-corrected chi connectivity index (χ4v) is 2.65. The molecule has 1 aromatic heterocycles. The highest BCUT2D eigenvalue weighted by atomic mass is 35.5. The molecular weight excluding hydrogens is 345 g/mol. The molecule has 0 saturated heterocycles. The van der Waals surface area contributed by atoms with E-state index in [2.05, 4.69) is 10.4 Å². The largest absolute Gasteiger partial charge is 0.348 e. The van der Waals surface area contributed by atoms with Gasteiger partial charge in [0.1, 0.15) is 0 Å². The molecule has 0 fully saturated rings. The van der Waals surface area contributed by atoms with Crippen LogP contribution in [-0.2, 0) is 13.1 Å². The van der Waals surface area contributed by atoms with Crippen molar-refractivity contribution in [2.75, 3.05) is 0 Å². The fraction of sp³-hybridized carbons (Fsp3) is 0.111. The number of hydrogen-bond acceptors (Lipinski definition) is 2. The Morgan fingerprint density at radius 3 is 2.50 bits per heavy atom. The topological polar surface area (TPSA) is 46.9 Å². The van der Waals surface area contributed by atoms with Gasteiger partial charge in [-0.2, -0.15) is 5.10 Å². The van der Waals surface area contributed by atoms with Crippen LogP contribution >= 0.6 is 23.2 Å². The fourth-order valence-electron chi connectivity index (χ4n) is 2.29. The maximum Gasteiger partial charge on any atom is 0.251 e. The first-order valence-corrected chi connectivity index (χ1v) is 8.16. The van der Waals surface area contributed by atoms with Crippen molar-refractivity contribution < 1.29 is 4.79 Å². The van der Waals surface area contributed by atoms with Gasteiger partial charge in [0.05, 0.1) is 17.8 Å². The summed E-state index contributed by atoms with van der Waals surface area (Å²) >= 11 is 11.9. The summed E-state index contributed by atoms with van der Waals surface area (Å²) in [5, 5.41) is 8.25. The van der Waals surface area contributed by atoms with Crippen LogP contribution < -0.4 is 5.32 Å². The molecule has 0 atom stereocenters. The molecule has 0 aliphatic rings. The van der Waals surface area contributed by atoms with Crippen molar-refractivity contribution >= 4 is 29.1 Å². The van der Waals surface area contributed by atoms with Gasteiger partial charge < -0.3 is 5.32 Å². The molecule has 0 aliphatic carbocycles.